The summed E-state index contributed by atoms with van der Waals surface area (Å²) in [4.78, 5) is 23.5. The maximum absolute atomic E-state index is 14.0. The van der Waals surface area contributed by atoms with Crippen molar-refractivity contribution in [3.8, 4) is 0 Å². The minimum atomic E-state index is -2.29. The minimum absolute atomic E-state index is 0.0319. The summed E-state index contributed by atoms with van der Waals surface area (Å²) >= 11 is 0. The number of carboxylic acid groups (broad SMARTS) is 2. The predicted octanol–water partition coefficient (Wildman–Crippen LogP) is 1.44. The van der Waals surface area contributed by atoms with Crippen molar-refractivity contribution >= 4 is 11.9 Å². The van der Waals surface area contributed by atoms with Crippen LogP contribution in [-0.2, 0) is 20.9 Å². The van der Waals surface area contributed by atoms with E-state index >= 15 is 0 Å². The predicted molar refractivity (Wildman–Crippen MR) is 120 cm³/mol. The van der Waals surface area contributed by atoms with Crippen LogP contribution in [0.1, 0.15) is 41.5 Å². The second-order valence-corrected chi connectivity index (χ2v) is 8.52. The molecule has 9 heteroatoms. The van der Waals surface area contributed by atoms with Crippen LogP contribution in [0, 0.1) is 19.7 Å². The normalized spacial score (nSPS) is 15.8. The van der Waals surface area contributed by atoms with Gasteiger partial charge >= 0.3 is 5.97 Å². The number of aliphatic hydroxyl groups excluding tert-OH is 2. The molecule has 0 spiro atoms. The summed E-state index contributed by atoms with van der Waals surface area (Å²) in [6, 6.07) is 11.7. The number of aliphatic hydroxyl groups is 2. The van der Waals surface area contributed by atoms with Gasteiger partial charge in [-0.1, -0.05) is 43.3 Å². The van der Waals surface area contributed by atoms with Crippen molar-refractivity contribution in [3.63, 3.8) is 0 Å². The van der Waals surface area contributed by atoms with Crippen molar-refractivity contribution in [3.05, 3.63) is 70.5 Å². The monoisotopic (exact) mass is 477 g/mol. The average molecular weight is 478 g/mol. The molecule has 0 saturated carbocycles. The molecule has 0 aromatic heterocycles. The highest BCUT2D eigenvalue weighted by molar-refractivity contribution is 5.72. The van der Waals surface area contributed by atoms with Crippen molar-refractivity contribution < 1.29 is 43.6 Å². The molecule has 0 amide bonds. The largest absolute Gasteiger partial charge is 0.542 e. The number of hydrogen-bond donors (Lipinski definition) is 3. The van der Waals surface area contributed by atoms with Gasteiger partial charge in [0.15, 0.2) is 0 Å². The SMILES string of the molecule is CCC[N+](CC(COCc1ccccc1F)c1c(C)cccc1C)(C(O)C(=O)[O-])C(O)C(=O)O. The first-order chi connectivity index (χ1) is 16.0. The number of aryl methyl sites for hydroxylation is 2. The fourth-order valence-corrected chi connectivity index (χ4v) is 4.55. The van der Waals surface area contributed by atoms with Crippen LogP contribution in [0.25, 0.3) is 0 Å². The zero-order valence-corrected chi connectivity index (χ0v) is 19.6. The topological polar surface area (TPSA) is 127 Å². The quantitative estimate of drug-likeness (QED) is 0.294. The molecule has 8 nitrogen and oxygen atoms in total. The van der Waals surface area contributed by atoms with Gasteiger partial charge in [0.2, 0.25) is 6.23 Å². The van der Waals surface area contributed by atoms with Crippen LogP contribution in [0.15, 0.2) is 42.5 Å². The molecule has 0 aliphatic rings. The molecule has 2 aromatic rings. The number of hydrogen-bond acceptors (Lipinski definition) is 6. The number of carbonyl (C=O) groups excluding carboxylic acids is 1. The lowest BCUT2D eigenvalue weighted by Crippen LogP contribution is -2.69. The highest BCUT2D eigenvalue weighted by Gasteiger charge is 2.48. The van der Waals surface area contributed by atoms with Crippen LogP contribution in [0.3, 0.4) is 0 Å². The summed E-state index contributed by atoms with van der Waals surface area (Å²) in [5.74, 6) is -4.61. The van der Waals surface area contributed by atoms with Gasteiger partial charge in [0.25, 0.3) is 6.23 Å². The molecule has 2 aromatic carbocycles. The molecule has 0 aliphatic carbocycles. The Labute approximate surface area is 198 Å². The Balaban J connectivity index is 2.50. The van der Waals surface area contributed by atoms with Gasteiger partial charge in [0, 0.05) is 5.56 Å². The van der Waals surface area contributed by atoms with Crippen molar-refractivity contribution in [2.45, 2.75) is 52.2 Å². The summed E-state index contributed by atoms with van der Waals surface area (Å²) in [5, 5.41) is 42.4. The first kappa shape index (κ1) is 27.4. The number of aliphatic carboxylic acids is 2. The Kier molecular flexibility index (Phi) is 9.69. The number of halogens is 1. The van der Waals surface area contributed by atoms with E-state index in [0.717, 1.165) is 16.7 Å². The van der Waals surface area contributed by atoms with E-state index < -0.39 is 40.6 Å². The maximum atomic E-state index is 14.0. The van der Waals surface area contributed by atoms with E-state index in [4.69, 9.17) is 4.74 Å². The third-order valence-corrected chi connectivity index (χ3v) is 6.09. The molecule has 0 fully saturated rings. The highest BCUT2D eigenvalue weighted by Crippen LogP contribution is 2.31. The fourth-order valence-electron chi connectivity index (χ4n) is 4.55. The molecule has 4 unspecified atom stereocenters. The van der Waals surface area contributed by atoms with E-state index in [2.05, 4.69) is 0 Å². The van der Waals surface area contributed by atoms with Crippen LogP contribution in [-0.4, -0.2) is 63.9 Å². The number of benzene rings is 2. The Bertz CT molecular complexity index is 957. The highest BCUT2D eigenvalue weighted by atomic mass is 19.1. The van der Waals surface area contributed by atoms with Crippen LogP contribution >= 0.6 is 0 Å². The smallest absolute Gasteiger partial charge is 0.392 e. The maximum Gasteiger partial charge on any atom is 0.392 e. The molecule has 4 atom stereocenters. The molecule has 34 heavy (non-hydrogen) atoms. The van der Waals surface area contributed by atoms with Gasteiger partial charge in [-0.25, -0.2) is 9.18 Å². The fraction of sp³-hybridized carbons (Fsp3) is 0.440. The van der Waals surface area contributed by atoms with Gasteiger partial charge in [0.1, 0.15) is 11.8 Å². The van der Waals surface area contributed by atoms with Gasteiger partial charge < -0.3 is 30.0 Å². The average Bonchev–Trinajstić information content (AvgIpc) is 2.78. The lowest BCUT2D eigenvalue weighted by molar-refractivity contribution is -0.996. The van der Waals surface area contributed by atoms with Gasteiger partial charge in [-0.15, -0.1) is 0 Å². The van der Waals surface area contributed by atoms with Crippen LogP contribution < -0.4 is 5.11 Å². The molecule has 3 N–H and O–H groups in total. The van der Waals surface area contributed by atoms with E-state index in [1.807, 2.05) is 32.0 Å². The summed E-state index contributed by atoms with van der Waals surface area (Å²) in [6.45, 7) is 4.89. The molecule has 0 heterocycles. The molecule has 0 bridgehead atoms. The molecule has 0 aliphatic heterocycles. The molecular weight excluding hydrogens is 445 g/mol. The Morgan fingerprint density at radius 3 is 2.21 bits per heavy atom. The van der Waals surface area contributed by atoms with E-state index in [1.54, 1.807) is 25.1 Å². The Morgan fingerprint density at radius 1 is 1.06 bits per heavy atom. The number of nitrogens with zero attached hydrogens (tertiary/aromatic N) is 1. The number of carboxylic acids is 2. The van der Waals surface area contributed by atoms with Gasteiger partial charge in [-0.3, -0.25) is 4.48 Å². The second kappa shape index (κ2) is 12.0. The lowest BCUT2D eigenvalue weighted by Gasteiger charge is -2.45. The van der Waals surface area contributed by atoms with E-state index in [1.165, 1.54) is 6.07 Å². The molecular formula is C25H32FNO7. The lowest BCUT2D eigenvalue weighted by atomic mass is 9.89. The number of carbonyl (C=O) groups is 2. The number of ether oxygens (including phenoxy) is 1. The zero-order valence-electron chi connectivity index (χ0n) is 19.6. The van der Waals surface area contributed by atoms with Gasteiger partial charge in [-0.2, -0.15) is 0 Å². The summed E-state index contributed by atoms with van der Waals surface area (Å²) in [5.41, 5.74) is 2.80. The summed E-state index contributed by atoms with van der Waals surface area (Å²) in [7, 11) is 0. The summed E-state index contributed by atoms with van der Waals surface area (Å²) < 4.78 is 18.8. The van der Waals surface area contributed by atoms with E-state index in [-0.39, 0.29) is 32.7 Å². The third-order valence-electron chi connectivity index (χ3n) is 6.09. The number of rotatable bonds is 13. The van der Waals surface area contributed by atoms with Crippen LogP contribution in [0.2, 0.25) is 0 Å². The molecule has 0 radical (unpaired) electrons. The molecule has 186 valence electrons. The van der Waals surface area contributed by atoms with Crippen molar-refractivity contribution in [2.75, 3.05) is 19.7 Å². The summed E-state index contributed by atoms with van der Waals surface area (Å²) in [6.07, 6.45) is -4.22. The second-order valence-electron chi connectivity index (χ2n) is 8.52. The molecule has 2 rings (SSSR count). The third kappa shape index (κ3) is 6.18. The van der Waals surface area contributed by atoms with Crippen molar-refractivity contribution in [2.24, 2.45) is 0 Å². The number of quaternary nitrogens is 1. The van der Waals surface area contributed by atoms with E-state index in [0.29, 0.717) is 5.56 Å². The van der Waals surface area contributed by atoms with Gasteiger partial charge in [0.05, 0.1) is 32.2 Å². The van der Waals surface area contributed by atoms with Crippen LogP contribution in [0.5, 0.6) is 0 Å². The molecule has 0 saturated heterocycles. The Hall–Kier alpha value is -2.85. The standard InChI is InChI=1S/C25H32FNO7/c1-4-12-27(22(28)24(30)31,23(29)25(32)33)13-19(21-16(2)8-7-9-17(21)3)15-34-14-18-10-5-6-11-20(18)26/h5-11,19,22-23,28-29H,4,12-15H2,1-3H3,(H-,30,31,32,33). The first-order valence-electron chi connectivity index (χ1n) is 11.1. The van der Waals surface area contributed by atoms with Crippen molar-refractivity contribution in [1.29, 1.82) is 0 Å². The van der Waals surface area contributed by atoms with Crippen LogP contribution in [0.4, 0.5) is 4.39 Å². The minimum Gasteiger partial charge on any atom is -0.542 e. The zero-order chi connectivity index (χ0) is 25.5. The Morgan fingerprint density at radius 2 is 1.68 bits per heavy atom. The van der Waals surface area contributed by atoms with Gasteiger partial charge in [-0.05, 0) is 43.0 Å². The van der Waals surface area contributed by atoms with E-state index in [9.17, 15) is 34.4 Å². The first-order valence-corrected chi connectivity index (χ1v) is 11.1. The van der Waals surface area contributed by atoms with Crippen molar-refractivity contribution in [1.82, 2.24) is 0 Å².